The third-order valence-electron chi connectivity index (χ3n) is 3.96. The lowest BCUT2D eigenvalue weighted by atomic mass is 9.99. The molecule has 5 nitrogen and oxygen atoms in total. The highest BCUT2D eigenvalue weighted by molar-refractivity contribution is 7.09. The molecule has 3 aromatic rings. The summed E-state index contributed by atoms with van der Waals surface area (Å²) in [5, 5.41) is 23.3. The Morgan fingerprint density at radius 1 is 1.23 bits per heavy atom. The van der Waals surface area contributed by atoms with Gasteiger partial charge in [0, 0.05) is 17.8 Å². The third kappa shape index (κ3) is 5.45. The highest BCUT2D eigenvalue weighted by atomic mass is 32.1. The molecular weight excluding hydrogens is 366 g/mol. The maximum atomic E-state index is 10.7. The van der Waals surface area contributed by atoms with Gasteiger partial charge in [0.25, 0.3) is 0 Å². The number of thiophene rings is 2. The topological polar surface area (TPSA) is 69.8 Å². The lowest BCUT2D eigenvalue weighted by Crippen LogP contribution is -2.45. The van der Waals surface area contributed by atoms with Crippen molar-refractivity contribution < 1.29 is 9.52 Å². The Morgan fingerprint density at radius 2 is 2.15 bits per heavy atom. The van der Waals surface area contributed by atoms with E-state index < -0.39 is 5.60 Å². The zero-order valence-corrected chi connectivity index (χ0v) is 16.3. The van der Waals surface area contributed by atoms with Crippen LogP contribution in [0.4, 0.5) is 0 Å². The molecule has 26 heavy (non-hydrogen) atoms. The number of rotatable bonds is 8. The van der Waals surface area contributed by atoms with Gasteiger partial charge in [-0.15, -0.1) is 11.3 Å². The number of guanidine groups is 1. The van der Waals surface area contributed by atoms with Crippen LogP contribution in [0.1, 0.15) is 23.1 Å². The second kappa shape index (κ2) is 9.02. The van der Waals surface area contributed by atoms with Crippen LogP contribution in [0.25, 0.3) is 0 Å². The van der Waals surface area contributed by atoms with Gasteiger partial charge in [-0.05, 0) is 52.9 Å². The van der Waals surface area contributed by atoms with Crippen LogP contribution in [0.2, 0.25) is 0 Å². The minimum atomic E-state index is -0.952. The van der Waals surface area contributed by atoms with Crippen molar-refractivity contribution in [3.05, 3.63) is 68.9 Å². The van der Waals surface area contributed by atoms with Crippen LogP contribution in [-0.2, 0) is 18.6 Å². The van der Waals surface area contributed by atoms with Gasteiger partial charge < -0.3 is 20.2 Å². The molecule has 1 unspecified atom stereocenters. The minimum absolute atomic E-state index is 0.376. The molecule has 0 aliphatic heterocycles. The quantitative estimate of drug-likeness (QED) is 0.407. The Kier molecular flexibility index (Phi) is 6.49. The van der Waals surface area contributed by atoms with Crippen molar-refractivity contribution in [3.63, 3.8) is 0 Å². The van der Waals surface area contributed by atoms with Gasteiger partial charge in [-0.1, -0.05) is 6.07 Å². The summed E-state index contributed by atoms with van der Waals surface area (Å²) in [5.74, 6) is 1.61. The van der Waals surface area contributed by atoms with Gasteiger partial charge in [0.1, 0.15) is 11.4 Å². The van der Waals surface area contributed by atoms with Crippen molar-refractivity contribution in [2.45, 2.75) is 25.5 Å². The Balaban J connectivity index is 1.58. The van der Waals surface area contributed by atoms with Crippen LogP contribution in [-0.4, -0.2) is 24.2 Å². The number of hydrogen-bond acceptors (Lipinski definition) is 5. The molecule has 0 aliphatic rings. The predicted molar refractivity (Wildman–Crippen MR) is 108 cm³/mol. The van der Waals surface area contributed by atoms with Crippen LogP contribution >= 0.6 is 22.7 Å². The number of hydrogen-bond donors (Lipinski definition) is 3. The monoisotopic (exact) mass is 389 g/mol. The van der Waals surface area contributed by atoms with Gasteiger partial charge in [0.2, 0.25) is 0 Å². The summed E-state index contributed by atoms with van der Waals surface area (Å²) in [5.41, 5.74) is -0.0463. The highest BCUT2D eigenvalue weighted by Crippen LogP contribution is 2.22. The number of aliphatic imine (C=N–C) groups is 1. The number of nitrogens with zero attached hydrogens (tertiary/aromatic N) is 1. The molecule has 3 N–H and O–H groups in total. The Bertz CT molecular complexity index is 779. The average Bonchev–Trinajstić information content (AvgIpc) is 3.40. The highest BCUT2D eigenvalue weighted by Gasteiger charge is 2.23. The van der Waals surface area contributed by atoms with Crippen molar-refractivity contribution >= 4 is 28.6 Å². The Morgan fingerprint density at radius 3 is 2.85 bits per heavy atom. The molecule has 0 radical (unpaired) electrons. The molecule has 0 aromatic carbocycles. The lowest BCUT2D eigenvalue weighted by Gasteiger charge is -2.24. The normalized spacial score (nSPS) is 14.2. The first-order valence-corrected chi connectivity index (χ1v) is 10.3. The van der Waals surface area contributed by atoms with E-state index in [1.807, 2.05) is 47.3 Å². The van der Waals surface area contributed by atoms with Gasteiger partial charge in [0.15, 0.2) is 5.96 Å². The molecule has 0 amide bonds. The fraction of sp³-hybridized carbons (Fsp3) is 0.316. The van der Waals surface area contributed by atoms with Crippen LogP contribution < -0.4 is 10.6 Å². The lowest BCUT2D eigenvalue weighted by molar-refractivity contribution is 0.0621. The molecule has 138 valence electrons. The average molecular weight is 390 g/mol. The van der Waals surface area contributed by atoms with Crippen molar-refractivity contribution in [1.82, 2.24) is 10.6 Å². The van der Waals surface area contributed by atoms with Crippen molar-refractivity contribution in [2.75, 3.05) is 13.1 Å². The van der Waals surface area contributed by atoms with Crippen LogP contribution in [0.3, 0.4) is 0 Å². The largest absolute Gasteiger partial charge is 0.469 e. The summed E-state index contributed by atoms with van der Waals surface area (Å²) in [7, 11) is 0. The van der Waals surface area contributed by atoms with Crippen LogP contribution in [0, 0.1) is 0 Å². The zero-order chi connectivity index (χ0) is 18.2. The number of furan rings is 1. The van der Waals surface area contributed by atoms with E-state index in [1.54, 1.807) is 28.9 Å². The summed E-state index contributed by atoms with van der Waals surface area (Å²) in [6.45, 7) is 3.49. The van der Waals surface area contributed by atoms with Crippen molar-refractivity contribution in [2.24, 2.45) is 4.99 Å². The fourth-order valence-electron chi connectivity index (χ4n) is 2.42. The van der Waals surface area contributed by atoms with E-state index in [0.717, 1.165) is 17.7 Å². The second-order valence-electron chi connectivity index (χ2n) is 6.14. The van der Waals surface area contributed by atoms with E-state index in [4.69, 9.17) is 4.42 Å². The Hall–Kier alpha value is -2.09. The van der Waals surface area contributed by atoms with Gasteiger partial charge >= 0.3 is 0 Å². The molecule has 3 rings (SSSR count). The number of nitrogens with one attached hydrogen (secondary N) is 2. The van der Waals surface area contributed by atoms with Gasteiger partial charge in [-0.25, -0.2) is 4.99 Å². The smallest absolute Gasteiger partial charge is 0.191 e. The molecule has 0 bridgehead atoms. The summed E-state index contributed by atoms with van der Waals surface area (Å²) in [6, 6.07) is 9.87. The van der Waals surface area contributed by atoms with E-state index in [1.165, 1.54) is 4.88 Å². The number of aliphatic hydroxyl groups is 1. The minimum Gasteiger partial charge on any atom is -0.469 e. The Labute approximate surface area is 161 Å². The molecule has 0 saturated heterocycles. The standard InChI is InChI=1S/C19H23N3O2S2/c1-19(23,15-7-11-25-13-15)14-22-18(21-12-17-5-3-10-26-17)20-8-6-16-4-2-9-24-16/h2-5,7,9-11,13,23H,6,8,12,14H2,1H3,(H2,20,21,22). The summed E-state index contributed by atoms with van der Waals surface area (Å²) < 4.78 is 5.36. The summed E-state index contributed by atoms with van der Waals surface area (Å²) in [4.78, 5) is 5.83. The van der Waals surface area contributed by atoms with Gasteiger partial charge in [-0.2, -0.15) is 11.3 Å². The molecule has 7 heteroatoms. The summed E-state index contributed by atoms with van der Waals surface area (Å²) in [6.07, 6.45) is 2.45. The maximum Gasteiger partial charge on any atom is 0.191 e. The van der Waals surface area contributed by atoms with E-state index in [9.17, 15) is 5.11 Å². The molecule has 3 aromatic heterocycles. The van der Waals surface area contributed by atoms with Crippen LogP contribution in [0.15, 0.2) is 62.1 Å². The van der Waals surface area contributed by atoms with E-state index in [0.29, 0.717) is 25.6 Å². The molecule has 0 fully saturated rings. The second-order valence-corrected chi connectivity index (χ2v) is 7.95. The third-order valence-corrected chi connectivity index (χ3v) is 5.50. The zero-order valence-electron chi connectivity index (χ0n) is 14.6. The van der Waals surface area contributed by atoms with E-state index in [-0.39, 0.29) is 0 Å². The van der Waals surface area contributed by atoms with Gasteiger partial charge in [0.05, 0.1) is 19.4 Å². The van der Waals surface area contributed by atoms with Crippen molar-refractivity contribution in [3.8, 4) is 0 Å². The van der Waals surface area contributed by atoms with Gasteiger partial charge in [-0.3, -0.25) is 0 Å². The van der Waals surface area contributed by atoms with Crippen LogP contribution in [0.5, 0.6) is 0 Å². The first-order valence-electron chi connectivity index (χ1n) is 8.45. The first kappa shape index (κ1) is 18.7. The molecule has 1 atom stereocenters. The predicted octanol–water partition coefficient (Wildman–Crippen LogP) is 3.59. The molecular formula is C19H23N3O2S2. The fourth-order valence-corrected chi connectivity index (χ4v) is 3.83. The van der Waals surface area contributed by atoms with Crippen molar-refractivity contribution in [1.29, 1.82) is 0 Å². The molecule has 0 spiro atoms. The first-order chi connectivity index (χ1) is 12.6. The molecule has 3 heterocycles. The summed E-state index contributed by atoms with van der Waals surface area (Å²) >= 11 is 3.26. The van der Waals surface area contributed by atoms with E-state index in [2.05, 4.69) is 21.7 Å². The molecule has 0 aliphatic carbocycles. The van der Waals surface area contributed by atoms with E-state index >= 15 is 0 Å². The molecule has 0 saturated carbocycles. The SMILES string of the molecule is CC(O)(CNC(=NCc1cccs1)NCCc1ccco1)c1ccsc1. The maximum absolute atomic E-state index is 10.7.